The molecule has 0 N–H and O–H groups in total. The smallest absolute Gasteiger partial charge is 0.342 e. The number of non-ortho nitro benzene ring substituents is 1. The van der Waals surface area contributed by atoms with Crippen LogP contribution in [-0.4, -0.2) is 18.0 Å². The zero-order valence-electron chi connectivity index (χ0n) is 13.1. The quantitative estimate of drug-likeness (QED) is 0.476. The molecule has 0 bridgehead atoms. The van der Waals surface area contributed by atoms with Crippen molar-refractivity contribution in [2.24, 2.45) is 0 Å². The lowest BCUT2D eigenvalue weighted by Crippen LogP contribution is -2.11. The Morgan fingerprint density at radius 3 is 2.61 bits per heavy atom. The Hall–Kier alpha value is -2.89. The average Bonchev–Trinajstić information content (AvgIpc) is 2.54. The molecule has 2 rings (SSSR count). The molecule has 1 atom stereocenters. The third-order valence-corrected chi connectivity index (χ3v) is 3.41. The molecule has 0 radical (unpaired) electrons. The molecule has 2 aromatic rings. The van der Waals surface area contributed by atoms with Crippen LogP contribution in [0.15, 0.2) is 42.5 Å². The van der Waals surface area contributed by atoms with E-state index in [-0.39, 0.29) is 5.69 Å². The number of nitro groups is 1. The van der Waals surface area contributed by atoms with E-state index in [1.165, 1.54) is 19.2 Å². The van der Waals surface area contributed by atoms with E-state index in [1.54, 1.807) is 31.2 Å². The molecule has 0 saturated carbocycles. The monoisotopic (exact) mass is 315 g/mol. The van der Waals surface area contributed by atoms with Crippen molar-refractivity contribution in [2.75, 3.05) is 7.11 Å². The summed E-state index contributed by atoms with van der Waals surface area (Å²) in [6.07, 6.45) is -0.618. The summed E-state index contributed by atoms with van der Waals surface area (Å²) in [5, 5.41) is 10.8. The highest BCUT2D eigenvalue weighted by molar-refractivity contribution is 5.92. The fraction of sp³-hybridized carbons (Fsp3) is 0.235. The van der Waals surface area contributed by atoms with Crippen LogP contribution in [0.2, 0.25) is 0 Å². The molecule has 0 aliphatic rings. The van der Waals surface area contributed by atoms with Gasteiger partial charge in [0.25, 0.3) is 5.69 Å². The molecule has 0 aliphatic carbocycles. The van der Waals surface area contributed by atoms with Gasteiger partial charge in [0.1, 0.15) is 17.4 Å². The van der Waals surface area contributed by atoms with Crippen molar-refractivity contribution < 1.29 is 19.2 Å². The summed E-state index contributed by atoms with van der Waals surface area (Å²) >= 11 is 0. The highest BCUT2D eigenvalue weighted by atomic mass is 16.6. The van der Waals surface area contributed by atoms with Crippen LogP contribution in [0.1, 0.15) is 34.5 Å². The number of rotatable bonds is 5. The van der Waals surface area contributed by atoms with Gasteiger partial charge >= 0.3 is 5.97 Å². The normalized spacial score (nSPS) is 11.6. The number of hydrogen-bond acceptors (Lipinski definition) is 5. The van der Waals surface area contributed by atoms with Crippen LogP contribution >= 0.6 is 0 Å². The third-order valence-electron chi connectivity index (χ3n) is 3.41. The van der Waals surface area contributed by atoms with Gasteiger partial charge in [-0.2, -0.15) is 0 Å². The first-order valence-electron chi connectivity index (χ1n) is 7.02. The van der Waals surface area contributed by atoms with Gasteiger partial charge in [-0.3, -0.25) is 10.1 Å². The molecule has 0 saturated heterocycles. The molecule has 0 aromatic heterocycles. The van der Waals surface area contributed by atoms with Crippen molar-refractivity contribution >= 4 is 11.7 Å². The number of hydrogen-bond donors (Lipinski definition) is 0. The highest BCUT2D eigenvalue weighted by Crippen LogP contribution is 2.26. The SMILES string of the molecule is COc1ccc(C)cc1C(=O)O[C@H](C)c1cccc([N+](=O)[O-])c1. The topological polar surface area (TPSA) is 78.7 Å². The van der Waals surface area contributed by atoms with E-state index >= 15 is 0 Å². The molecule has 0 amide bonds. The zero-order valence-corrected chi connectivity index (χ0v) is 13.1. The fourth-order valence-corrected chi connectivity index (χ4v) is 2.16. The van der Waals surface area contributed by atoms with Crippen molar-refractivity contribution in [3.05, 3.63) is 69.3 Å². The lowest BCUT2D eigenvalue weighted by atomic mass is 10.1. The zero-order chi connectivity index (χ0) is 17.0. The highest BCUT2D eigenvalue weighted by Gasteiger charge is 2.19. The van der Waals surface area contributed by atoms with Gasteiger partial charge in [-0.15, -0.1) is 0 Å². The van der Waals surface area contributed by atoms with Crippen LogP contribution < -0.4 is 4.74 Å². The Balaban J connectivity index is 2.21. The second kappa shape index (κ2) is 6.91. The first-order chi connectivity index (χ1) is 10.9. The first-order valence-corrected chi connectivity index (χ1v) is 7.02. The summed E-state index contributed by atoms with van der Waals surface area (Å²) in [6, 6.07) is 11.2. The lowest BCUT2D eigenvalue weighted by molar-refractivity contribution is -0.385. The minimum Gasteiger partial charge on any atom is -0.496 e. The molecule has 2 aromatic carbocycles. The number of nitrogens with zero attached hydrogens (tertiary/aromatic N) is 1. The number of nitro benzene ring substituents is 1. The number of methoxy groups -OCH3 is 1. The van der Waals surface area contributed by atoms with Crippen LogP contribution in [0.5, 0.6) is 5.75 Å². The van der Waals surface area contributed by atoms with Gasteiger partial charge in [0, 0.05) is 12.1 Å². The largest absolute Gasteiger partial charge is 0.496 e. The summed E-state index contributed by atoms with van der Waals surface area (Å²) in [4.78, 5) is 22.7. The predicted octanol–water partition coefficient (Wildman–Crippen LogP) is 3.83. The Bertz CT molecular complexity index is 742. The standard InChI is InChI=1S/C17H17NO5/c1-11-7-8-16(22-3)15(9-11)17(19)23-12(2)13-5-4-6-14(10-13)18(20)21/h4-10,12H,1-3H3/t12-/m1/s1. The number of carbonyl (C=O) groups is 1. The van der Waals surface area contributed by atoms with Crippen molar-refractivity contribution in [1.29, 1.82) is 0 Å². The Labute approximate surface area is 133 Å². The summed E-state index contributed by atoms with van der Waals surface area (Å²) < 4.78 is 10.6. The van der Waals surface area contributed by atoms with E-state index in [1.807, 2.05) is 13.0 Å². The van der Waals surface area contributed by atoms with E-state index < -0.39 is 17.0 Å². The van der Waals surface area contributed by atoms with Gasteiger partial charge < -0.3 is 9.47 Å². The van der Waals surface area contributed by atoms with Gasteiger partial charge in [-0.25, -0.2) is 4.79 Å². The molecule has 6 heteroatoms. The second-order valence-corrected chi connectivity index (χ2v) is 5.10. The lowest BCUT2D eigenvalue weighted by Gasteiger charge is -2.15. The number of benzene rings is 2. The van der Waals surface area contributed by atoms with Crippen LogP contribution in [0.4, 0.5) is 5.69 Å². The molecular weight excluding hydrogens is 298 g/mol. The van der Waals surface area contributed by atoms with Crippen molar-refractivity contribution in [3.8, 4) is 5.75 Å². The van der Waals surface area contributed by atoms with Gasteiger partial charge in [-0.1, -0.05) is 23.8 Å². The van der Waals surface area contributed by atoms with Crippen molar-refractivity contribution in [2.45, 2.75) is 20.0 Å². The molecule has 120 valence electrons. The Morgan fingerprint density at radius 1 is 1.22 bits per heavy atom. The number of carbonyl (C=O) groups excluding carboxylic acids is 1. The molecule has 0 heterocycles. The summed E-state index contributed by atoms with van der Waals surface area (Å²) in [5.74, 6) is -0.114. The van der Waals surface area contributed by atoms with Crippen LogP contribution in [-0.2, 0) is 4.74 Å². The van der Waals surface area contributed by atoms with Crippen LogP contribution in [0, 0.1) is 17.0 Å². The van der Waals surface area contributed by atoms with E-state index in [9.17, 15) is 14.9 Å². The maximum Gasteiger partial charge on any atom is 0.342 e. The minimum absolute atomic E-state index is 0.0430. The van der Waals surface area contributed by atoms with Crippen LogP contribution in [0.3, 0.4) is 0 Å². The molecule has 0 spiro atoms. The summed E-state index contributed by atoms with van der Waals surface area (Å²) in [7, 11) is 1.48. The van der Waals surface area contributed by atoms with E-state index in [2.05, 4.69) is 0 Å². The van der Waals surface area contributed by atoms with Gasteiger partial charge in [0.05, 0.1) is 12.0 Å². The van der Waals surface area contributed by atoms with Gasteiger partial charge in [0.2, 0.25) is 0 Å². The first kappa shape index (κ1) is 16.5. The van der Waals surface area contributed by atoms with Gasteiger partial charge in [-0.05, 0) is 31.5 Å². The average molecular weight is 315 g/mol. The van der Waals surface area contributed by atoms with E-state index in [4.69, 9.17) is 9.47 Å². The summed E-state index contributed by atoms with van der Waals surface area (Å²) in [6.45, 7) is 3.53. The molecule has 23 heavy (non-hydrogen) atoms. The third kappa shape index (κ3) is 3.85. The summed E-state index contributed by atoms with van der Waals surface area (Å²) in [5.41, 5.74) is 1.74. The predicted molar refractivity (Wildman–Crippen MR) is 84.7 cm³/mol. The van der Waals surface area contributed by atoms with Crippen molar-refractivity contribution in [3.63, 3.8) is 0 Å². The minimum atomic E-state index is -0.618. The van der Waals surface area contributed by atoms with Crippen LogP contribution in [0.25, 0.3) is 0 Å². The maximum atomic E-state index is 12.3. The molecule has 0 unspecified atom stereocenters. The molecule has 0 fully saturated rings. The Kier molecular flexibility index (Phi) is 4.95. The van der Waals surface area contributed by atoms with Gasteiger partial charge in [0.15, 0.2) is 0 Å². The molecule has 6 nitrogen and oxygen atoms in total. The number of aryl methyl sites for hydroxylation is 1. The fourth-order valence-electron chi connectivity index (χ4n) is 2.16. The van der Waals surface area contributed by atoms with Crippen molar-refractivity contribution in [1.82, 2.24) is 0 Å². The van der Waals surface area contributed by atoms with E-state index in [0.717, 1.165) is 5.56 Å². The number of ether oxygens (including phenoxy) is 2. The second-order valence-electron chi connectivity index (χ2n) is 5.10. The molecular formula is C17H17NO5. The van der Waals surface area contributed by atoms with E-state index in [0.29, 0.717) is 16.9 Å². The molecule has 0 aliphatic heterocycles. The number of esters is 1. The Morgan fingerprint density at radius 2 is 1.96 bits per heavy atom. The maximum absolute atomic E-state index is 12.3.